The number of para-hydroxylation sites is 1. The van der Waals surface area contributed by atoms with Crippen LogP contribution in [0.5, 0.6) is 0 Å². The van der Waals surface area contributed by atoms with Crippen LogP contribution in [0.15, 0.2) is 54.6 Å². The van der Waals surface area contributed by atoms with Gasteiger partial charge in [-0.25, -0.2) is 4.39 Å². The molecule has 0 aromatic heterocycles. The molecular weight excluding hydrogens is 319 g/mol. The van der Waals surface area contributed by atoms with E-state index in [2.05, 4.69) is 10.6 Å². The number of hydrogen-bond acceptors (Lipinski definition) is 2. The smallest absolute Gasteiger partial charge is 0.249 e. The topological polar surface area (TPSA) is 58.2 Å². The Morgan fingerprint density at radius 1 is 1.08 bits per heavy atom. The summed E-state index contributed by atoms with van der Waals surface area (Å²) in [7, 11) is 0. The number of hydrogen-bond donors (Lipinski definition) is 2. The molecule has 3 rings (SSSR count). The molecule has 5 heteroatoms. The Balaban J connectivity index is 1.59. The molecule has 2 N–H and O–H groups in total. The Bertz CT molecular complexity index is 789. The first-order valence-corrected chi connectivity index (χ1v) is 8.31. The highest BCUT2D eigenvalue weighted by Crippen LogP contribution is 2.47. The molecule has 2 aromatic carbocycles. The van der Waals surface area contributed by atoms with Gasteiger partial charge in [-0.1, -0.05) is 30.3 Å². The highest BCUT2D eigenvalue weighted by molar-refractivity contribution is 6.00. The number of carbonyl (C=O) groups excluding carboxylic acids is 2. The summed E-state index contributed by atoms with van der Waals surface area (Å²) in [6.45, 7) is 3.34. The number of nitrogens with one attached hydrogen (secondary N) is 2. The first kappa shape index (κ1) is 17.1. The summed E-state index contributed by atoms with van der Waals surface area (Å²) in [5.74, 6) is -0.960. The molecule has 0 radical (unpaired) electrons. The van der Waals surface area contributed by atoms with Gasteiger partial charge in [0, 0.05) is 11.6 Å². The number of anilines is 1. The van der Waals surface area contributed by atoms with Crippen LogP contribution in [0.4, 0.5) is 10.1 Å². The summed E-state index contributed by atoms with van der Waals surface area (Å²) in [6.07, 6.45) is 0.672. The van der Waals surface area contributed by atoms with Crippen molar-refractivity contribution < 1.29 is 14.0 Å². The third-order valence-electron chi connectivity index (χ3n) is 4.44. The van der Waals surface area contributed by atoms with E-state index in [1.165, 1.54) is 12.1 Å². The summed E-state index contributed by atoms with van der Waals surface area (Å²) in [5.41, 5.74) is 0.465. The van der Waals surface area contributed by atoms with Gasteiger partial charge in [-0.15, -0.1) is 0 Å². The largest absolute Gasteiger partial charge is 0.342 e. The summed E-state index contributed by atoms with van der Waals surface area (Å²) in [4.78, 5) is 24.9. The SMILES string of the molecule is CC(C)(NC(=O)C1CC1c1cccc(F)c1)C(=O)Nc1ccccc1. The van der Waals surface area contributed by atoms with Crippen molar-refractivity contribution in [1.82, 2.24) is 5.32 Å². The maximum atomic E-state index is 13.3. The predicted molar refractivity (Wildman–Crippen MR) is 94.5 cm³/mol. The third kappa shape index (κ3) is 4.05. The van der Waals surface area contributed by atoms with Crippen molar-refractivity contribution in [3.8, 4) is 0 Å². The molecule has 130 valence electrons. The molecule has 2 unspecified atom stereocenters. The summed E-state index contributed by atoms with van der Waals surface area (Å²) in [5, 5.41) is 5.60. The zero-order valence-corrected chi connectivity index (χ0v) is 14.3. The van der Waals surface area contributed by atoms with E-state index in [9.17, 15) is 14.0 Å². The van der Waals surface area contributed by atoms with Gasteiger partial charge in [0.1, 0.15) is 11.4 Å². The number of benzene rings is 2. The molecule has 0 spiro atoms. The second-order valence-electron chi connectivity index (χ2n) is 6.94. The van der Waals surface area contributed by atoms with Gasteiger partial charge in [-0.2, -0.15) is 0 Å². The molecule has 0 bridgehead atoms. The number of carbonyl (C=O) groups is 2. The Morgan fingerprint density at radius 3 is 2.48 bits per heavy atom. The van der Waals surface area contributed by atoms with Crippen molar-refractivity contribution >= 4 is 17.5 Å². The Morgan fingerprint density at radius 2 is 1.80 bits per heavy atom. The van der Waals surface area contributed by atoms with Gasteiger partial charge in [0.15, 0.2) is 0 Å². The standard InChI is InChI=1S/C20H21FN2O2/c1-20(2,19(25)22-15-9-4-3-5-10-15)23-18(24)17-12-16(17)13-7-6-8-14(21)11-13/h3-11,16-17H,12H2,1-2H3,(H,22,25)(H,23,24). The fraction of sp³-hybridized carbons (Fsp3) is 0.300. The van der Waals surface area contributed by atoms with Crippen molar-refractivity contribution in [2.45, 2.75) is 31.7 Å². The van der Waals surface area contributed by atoms with Gasteiger partial charge in [0.25, 0.3) is 0 Å². The maximum absolute atomic E-state index is 13.3. The fourth-order valence-corrected chi connectivity index (χ4v) is 2.86. The maximum Gasteiger partial charge on any atom is 0.249 e. The van der Waals surface area contributed by atoms with E-state index in [0.29, 0.717) is 12.1 Å². The molecule has 4 nitrogen and oxygen atoms in total. The molecule has 2 atom stereocenters. The molecule has 1 aliphatic carbocycles. The van der Waals surface area contributed by atoms with Crippen LogP contribution in [0.1, 0.15) is 31.7 Å². The van der Waals surface area contributed by atoms with Crippen LogP contribution in [0.3, 0.4) is 0 Å². The van der Waals surface area contributed by atoms with Crippen molar-refractivity contribution in [3.63, 3.8) is 0 Å². The lowest BCUT2D eigenvalue weighted by Gasteiger charge is -2.25. The van der Waals surface area contributed by atoms with E-state index in [0.717, 1.165) is 5.56 Å². The molecule has 1 aliphatic rings. The number of halogens is 1. The van der Waals surface area contributed by atoms with Gasteiger partial charge in [-0.05, 0) is 56.0 Å². The van der Waals surface area contributed by atoms with Gasteiger partial charge in [0.2, 0.25) is 11.8 Å². The van der Waals surface area contributed by atoms with Crippen molar-refractivity contribution in [2.24, 2.45) is 5.92 Å². The van der Waals surface area contributed by atoms with Crippen LogP contribution in [-0.4, -0.2) is 17.4 Å². The molecule has 1 saturated carbocycles. The quantitative estimate of drug-likeness (QED) is 0.876. The predicted octanol–water partition coefficient (Wildman–Crippen LogP) is 3.46. The average molecular weight is 340 g/mol. The van der Waals surface area contributed by atoms with E-state index in [1.54, 1.807) is 32.0 Å². The molecule has 0 aliphatic heterocycles. The zero-order valence-electron chi connectivity index (χ0n) is 14.3. The lowest BCUT2D eigenvalue weighted by Crippen LogP contribution is -2.52. The average Bonchev–Trinajstić information content (AvgIpc) is 3.36. The van der Waals surface area contributed by atoms with Crippen LogP contribution < -0.4 is 10.6 Å². The zero-order chi connectivity index (χ0) is 18.0. The number of rotatable bonds is 5. The molecule has 0 heterocycles. The number of amides is 2. The minimum Gasteiger partial charge on any atom is -0.342 e. The Kier molecular flexibility index (Phi) is 4.57. The molecule has 2 amide bonds. The van der Waals surface area contributed by atoms with Crippen molar-refractivity contribution in [2.75, 3.05) is 5.32 Å². The molecule has 25 heavy (non-hydrogen) atoms. The minimum atomic E-state index is -1.04. The van der Waals surface area contributed by atoms with Crippen LogP contribution in [0.25, 0.3) is 0 Å². The minimum absolute atomic E-state index is 0.0173. The summed E-state index contributed by atoms with van der Waals surface area (Å²) >= 11 is 0. The van der Waals surface area contributed by atoms with Gasteiger partial charge in [-0.3, -0.25) is 9.59 Å². The molecule has 2 aromatic rings. The van der Waals surface area contributed by atoms with E-state index in [-0.39, 0.29) is 29.5 Å². The van der Waals surface area contributed by atoms with E-state index >= 15 is 0 Å². The Labute approximate surface area is 146 Å². The summed E-state index contributed by atoms with van der Waals surface area (Å²) < 4.78 is 13.3. The fourth-order valence-electron chi connectivity index (χ4n) is 2.86. The van der Waals surface area contributed by atoms with E-state index in [1.807, 2.05) is 24.3 Å². The third-order valence-corrected chi connectivity index (χ3v) is 4.44. The van der Waals surface area contributed by atoms with E-state index in [4.69, 9.17) is 0 Å². The van der Waals surface area contributed by atoms with Crippen LogP contribution >= 0.6 is 0 Å². The van der Waals surface area contributed by atoms with Crippen LogP contribution in [0, 0.1) is 11.7 Å². The van der Waals surface area contributed by atoms with E-state index < -0.39 is 5.54 Å². The highest BCUT2D eigenvalue weighted by atomic mass is 19.1. The Hall–Kier alpha value is -2.69. The van der Waals surface area contributed by atoms with Gasteiger partial charge >= 0.3 is 0 Å². The first-order valence-electron chi connectivity index (χ1n) is 8.31. The van der Waals surface area contributed by atoms with Gasteiger partial charge < -0.3 is 10.6 Å². The van der Waals surface area contributed by atoms with Crippen LogP contribution in [0.2, 0.25) is 0 Å². The monoisotopic (exact) mass is 340 g/mol. The van der Waals surface area contributed by atoms with Crippen molar-refractivity contribution in [3.05, 3.63) is 66.0 Å². The second kappa shape index (κ2) is 6.67. The normalized spacial score (nSPS) is 19.2. The molecule has 0 saturated heterocycles. The lowest BCUT2D eigenvalue weighted by atomic mass is 10.0. The lowest BCUT2D eigenvalue weighted by molar-refractivity contribution is -0.130. The molecule has 1 fully saturated rings. The van der Waals surface area contributed by atoms with Gasteiger partial charge in [0.05, 0.1) is 0 Å². The first-order chi connectivity index (χ1) is 11.9. The van der Waals surface area contributed by atoms with Crippen LogP contribution in [-0.2, 0) is 9.59 Å². The second-order valence-corrected chi connectivity index (χ2v) is 6.94. The highest BCUT2D eigenvalue weighted by Gasteiger charge is 2.46. The summed E-state index contributed by atoms with van der Waals surface area (Å²) in [6, 6.07) is 15.4. The van der Waals surface area contributed by atoms with Crippen molar-refractivity contribution in [1.29, 1.82) is 0 Å². The molecular formula is C20H21FN2O2.